The second-order valence-electron chi connectivity index (χ2n) is 39.0. The van der Waals surface area contributed by atoms with E-state index in [4.69, 9.17) is 44.9 Å². The summed E-state index contributed by atoms with van der Waals surface area (Å²) in [4.78, 5) is 31.3. The van der Waals surface area contributed by atoms with E-state index in [0.717, 1.165) is 233 Å². The molecule has 0 aliphatic carbocycles. The second-order valence-corrected chi connectivity index (χ2v) is 52.9. The van der Waals surface area contributed by atoms with Gasteiger partial charge in [0.1, 0.15) is 12.6 Å². The minimum atomic E-state index is -2.45. The molecule has 744 valence electrons. The zero-order valence-corrected chi connectivity index (χ0v) is 90.0. The molecular formula is C104H218N2O14Si4. The van der Waals surface area contributed by atoms with E-state index in [1.54, 1.807) is 0 Å². The van der Waals surface area contributed by atoms with Crippen LogP contribution >= 0.6 is 0 Å². The van der Waals surface area contributed by atoms with Gasteiger partial charge in [-0.1, -0.05) is 351 Å². The average molecular weight is 1830 g/mol. The summed E-state index contributed by atoms with van der Waals surface area (Å²) in [6.45, 7) is 46.7. The maximum absolute atomic E-state index is 13.0. The van der Waals surface area contributed by atoms with Gasteiger partial charge in [0.05, 0.1) is 25.0 Å². The molecule has 2 N–H and O–H groups in total. The van der Waals surface area contributed by atoms with E-state index in [1.165, 1.54) is 270 Å². The van der Waals surface area contributed by atoms with E-state index >= 15 is 0 Å². The van der Waals surface area contributed by atoms with Gasteiger partial charge in [-0.15, -0.1) is 0 Å². The number of nitrogens with zero attached hydrogens (tertiary/aromatic N) is 2. The third-order valence-electron chi connectivity index (χ3n) is 24.4. The van der Waals surface area contributed by atoms with Crippen molar-refractivity contribution < 1.29 is 64.7 Å². The van der Waals surface area contributed by atoms with E-state index < -0.39 is 34.2 Å². The quantitative estimate of drug-likeness (QED) is 0.0255. The maximum Gasteiger partial charge on any atom is 0.324 e. The number of rotatable bonds is 100. The molecule has 0 radical (unpaired) electrons. The van der Waals surface area contributed by atoms with Crippen LogP contribution in [0.3, 0.4) is 0 Å². The Morgan fingerprint density at radius 1 is 0.234 bits per heavy atom. The van der Waals surface area contributed by atoms with Gasteiger partial charge in [0.15, 0.2) is 0 Å². The number of hydrogen-bond acceptors (Lipinski definition) is 16. The van der Waals surface area contributed by atoms with Crippen LogP contribution in [0.2, 0.25) is 52.4 Å². The van der Waals surface area contributed by atoms with Crippen LogP contribution in [-0.4, -0.2) is 171 Å². The van der Waals surface area contributed by atoms with Crippen molar-refractivity contribution in [1.82, 2.24) is 9.80 Å². The lowest BCUT2D eigenvalue weighted by Crippen LogP contribution is -2.50. The first-order valence-electron chi connectivity index (χ1n) is 54.3. The fourth-order valence-corrected chi connectivity index (χ4v) is 30.2. The van der Waals surface area contributed by atoms with Crippen molar-refractivity contribution in [2.24, 2.45) is 11.8 Å². The topological polar surface area (TPSA) is 173 Å². The number of carbonyl (C=O) groups is 2. The normalized spacial score (nSPS) is 13.3. The van der Waals surface area contributed by atoms with Crippen molar-refractivity contribution in [1.29, 1.82) is 0 Å². The molecule has 0 spiro atoms. The molecule has 0 saturated heterocycles. The maximum atomic E-state index is 13.0. The average Bonchev–Trinajstić information content (AvgIpc) is 0.858. The van der Waals surface area contributed by atoms with Crippen molar-refractivity contribution in [3.05, 3.63) is 0 Å². The van der Waals surface area contributed by atoms with Crippen molar-refractivity contribution in [3.8, 4) is 0 Å². The third kappa shape index (κ3) is 87.9. The molecule has 0 amide bonds. The summed E-state index contributed by atoms with van der Waals surface area (Å²) in [7, 11) is -9.47. The van der Waals surface area contributed by atoms with E-state index in [0.29, 0.717) is 13.2 Å². The zero-order chi connectivity index (χ0) is 91.7. The SMILES string of the molecule is CCCCCCCCO[Si](C)(C)O[Si](C)(C)OC(CCCCCCC)OCCCCCCN(CCCCO)CCCCCCOC(=O)C(CCCCCC)CCCCCCCC.CCCCCCCCO[Si](C)(C)O[Si](C)(C)OC(CCCCCCC)OCCCCCCN(CCCCO)CCCCCCOC(=O)C(CCCCCC)CCCCCCCC. The van der Waals surface area contributed by atoms with Gasteiger partial charge in [-0.3, -0.25) is 9.59 Å². The minimum absolute atomic E-state index is 0.0588. The number of esters is 2. The predicted molar refractivity (Wildman–Crippen MR) is 541 cm³/mol. The van der Waals surface area contributed by atoms with Crippen LogP contribution < -0.4 is 0 Å². The summed E-state index contributed by atoms with van der Waals surface area (Å²) >= 11 is 0. The Morgan fingerprint density at radius 3 is 0.694 bits per heavy atom. The highest BCUT2D eigenvalue weighted by Gasteiger charge is 2.40. The van der Waals surface area contributed by atoms with Crippen LogP contribution in [0.1, 0.15) is 492 Å². The van der Waals surface area contributed by atoms with Gasteiger partial charge < -0.3 is 64.9 Å². The smallest absolute Gasteiger partial charge is 0.324 e. The van der Waals surface area contributed by atoms with E-state index in [-0.39, 0.29) is 49.6 Å². The number of ether oxygens (including phenoxy) is 4. The highest BCUT2D eigenvalue weighted by molar-refractivity contribution is 6.79. The molecule has 4 unspecified atom stereocenters. The largest absolute Gasteiger partial charge is 0.465 e. The van der Waals surface area contributed by atoms with Crippen LogP contribution in [0.25, 0.3) is 0 Å². The summed E-state index contributed by atoms with van der Waals surface area (Å²) in [6, 6.07) is 0. The van der Waals surface area contributed by atoms with Crippen LogP contribution in [0, 0.1) is 11.8 Å². The van der Waals surface area contributed by atoms with Gasteiger partial charge in [-0.2, -0.15) is 0 Å². The lowest BCUT2D eigenvalue weighted by atomic mass is 9.94. The van der Waals surface area contributed by atoms with Gasteiger partial charge >= 0.3 is 46.2 Å². The summed E-state index contributed by atoms with van der Waals surface area (Å²) < 4.78 is 64.1. The Hall–Kier alpha value is -0.672. The standard InChI is InChI=1S/2C52H109NO7Si2/c2*1-9-13-17-21-24-31-41-50(40-30-20-16-12-4)52(55)57-48-38-29-26-34-44-53(45-35-36-46-54)43-33-25-28-37-47-56-51(42-32-23-19-15-11-3)59-62(7,8)60-61(5,6)58-49-39-27-22-18-14-10-2/h2*50-51,54H,9-49H2,1-8H3. The van der Waals surface area contributed by atoms with E-state index in [1.807, 2.05) is 0 Å². The van der Waals surface area contributed by atoms with Gasteiger partial charge in [0.25, 0.3) is 0 Å². The first-order valence-corrected chi connectivity index (χ1v) is 65.6. The monoisotopic (exact) mass is 1830 g/mol. The molecule has 0 rings (SSSR count). The predicted octanol–water partition coefficient (Wildman–Crippen LogP) is 31.2. The Labute approximate surface area is 776 Å². The number of hydrogen-bond donors (Lipinski definition) is 2. The molecule has 4 atom stereocenters. The van der Waals surface area contributed by atoms with Crippen molar-refractivity contribution in [2.75, 3.05) is 92.1 Å². The van der Waals surface area contributed by atoms with Gasteiger partial charge in [-0.25, -0.2) is 0 Å². The van der Waals surface area contributed by atoms with Crippen molar-refractivity contribution >= 4 is 46.2 Å². The van der Waals surface area contributed by atoms with E-state index in [2.05, 4.69) is 118 Å². The highest BCUT2D eigenvalue weighted by atomic mass is 28.5. The fraction of sp³-hybridized carbons (Fsp3) is 0.981. The first-order chi connectivity index (χ1) is 60.1. The molecule has 0 saturated carbocycles. The number of aliphatic hydroxyl groups excluding tert-OH is 2. The minimum Gasteiger partial charge on any atom is -0.465 e. The Bertz CT molecular complexity index is 2030. The molecule has 16 nitrogen and oxygen atoms in total. The summed E-state index contributed by atoms with van der Waals surface area (Å²) in [5.41, 5.74) is 0. The molecule has 0 aromatic rings. The molecule has 0 aliphatic rings. The molecule has 0 heterocycles. The van der Waals surface area contributed by atoms with E-state index in [9.17, 15) is 19.8 Å². The van der Waals surface area contributed by atoms with Gasteiger partial charge in [-0.05, 0) is 233 Å². The van der Waals surface area contributed by atoms with Crippen LogP contribution in [0.5, 0.6) is 0 Å². The van der Waals surface area contributed by atoms with Crippen LogP contribution in [0.15, 0.2) is 0 Å². The molecule has 0 fully saturated rings. The lowest BCUT2D eigenvalue weighted by Gasteiger charge is -2.35. The van der Waals surface area contributed by atoms with Gasteiger partial charge in [0.2, 0.25) is 0 Å². The number of aliphatic hydroxyl groups is 2. The zero-order valence-electron chi connectivity index (χ0n) is 86.0. The molecule has 124 heavy (non-hydrogen) atoms. The summed E-state index contributed by atoms with van der Waals surface area (Å²) in [6.07, 6.45) is 79.8. The number of carbonyl (C=O) groups excluding carboxylic acids is 2. The fourth-order valence-electron chi connectivity index (χ4n) is 17.0. The first kappa shape index (κ1) is 125. The molecule has 0 aromatic heterocycles. The Kier molecular flexibility index (Phi) is 93.8. The Morgan fingerprint density at radius 2 is 0.435 bits per heavy atom. The summed E-state index contributed by atoms with van der Waals surface area (Å²) in [5, 5.41) is 18.8. The molecule has 20 heteroatoms. The molecule has 0 aliphatic heterocycles. The molecular weight excluding hydrogens is 1610 g/mol. The van der Waals surface area contributed by atoms with Gasteiger partial charge in [0, 0.05) is 39.6 Å². The van der Waals surface area contributed by atoms with Crippen LogP contribution in [0.4, 0.5) is 0 Å². The van der Waals surface area contributed by atoms with Crippen LogP contribution in [-0.2, 0) is 54.5 Å². The second kappa shape index (κ2) is 92.8. The lowest BCUT2D eigenvalue weighted by molar-refractivity contribution is -0.150. The van der Waals surface area contributed by atoms with Crippen molar-refractivity contribution in [3.63, 3.8) is 0 Å². The Balaban J connectivity index is 0. The number of unbranched alkanes of at least 4 members (excludes halogenated alkanes) is 48. The summed E-state index contributed by atoms with van der Waals surface area (Å²) in [5.74, 6) is 0.297. The third-order valence-corrected chi connectivity index (χ3v) is 35.7. The highest BCUT2D eigenvalue weighted by Crippen LogP contribution is 2.28. The molecule has 0 aromatic carbocycles. The molecule has 0 bridgehead atoms. The van der Waals surface area contributed by atoms with Crippen molar-refractivity contribution in [2.45, 2.75) is 557 Å².